The van der Waals surface area contributed by atoms with E-state index in [1.54, 1.807) is 0 Å². The maximum Gasteiger partial charge on any atom is 0.305 e. The first-order valence-corrected chi connectivity index (χ1v) is 11.1. The maximum absolute atomic E-state index is 12.9. The van der Waals surface area contributed by atoms with Crippen LogP contribution in [0.3, 0.4) is 0 Å². The van der Waals surface area contributed by atoms with Crippen molar-refractivity contribution in [2.45, 2.75) is 72.3 Å². The van der Waals surface area contributed by atoms with Crippen LogP contribution in [0.5, 0.6) is 0 Å². The Balaban J connectivity index is 0. The van der Waals surface area contributed by atoms with Crippen molar-refractivity contribution in [3.63, 3.8) is 0 Å². The number of carboxylic acid groups (broad SMARTS) is 1. The Labute approximate surface area is 187 Å². The number of carbonyl (C=O) groups excluding carboxylic acids is 2. The summed E-state index contributed by atoms with van der Waals surface area (Å²) in [5.41, 5.74) is -0.457. The Kier molecular flexibility index (Phi) is 20.4. The standard InChI is InChI=1S/C20H33NO6.C2H6.CH4O/c1-16-6-3-4-9-20(2,10-7-16)19(25)21-17(14-26-12-5-11-22)15-27-13-8-18(23)24;2*1-2/h3,6,11,16-17H,4-5,7-10,12-15H2,1-2H3,(H,21,25)(H,23,24);1-2H3;2H,1H3/b6-3+;;. The van der Waals surface area contributed by atoms with Crippen molar-refractivity contribution in [3.8, 4) is 0 Å². The predicted octanol–water partition coefficient (Wildman–Crippen LogP) is 2.98. The number of rotatable bonds is 12. The summed E-state index contributed by atoms with van der Waals surface area (Å²) in [5.74, 6) is -0.503. The lowest BCUT2D eigenvalue weighted by atomic mass is 9.76. The minimum Gasteiger partial charge on any atom is -0.481 e. The van der Waals surface area contributed by atoms with Crippen LogP contribution in [0, 0.1) is 11.3 Å². The smallest absolute Gasteiger partial charge is 0.305 e. The second-order valence-corrected chi connectivity index (χ2v) is 7.46. The van der Waals surface area contributed by atoms with Gasteiger partial charge in [0, 0.05) is 18.9 Å². The number of aliphatic hydroxyl groups excluding tert-OH is 1. The van der Waals surface area contributed by atoms with Crippen LogP contribution in [0.2, 0.25) is 0 Å². The third-order valence-electron chi connectivity index (χ3n) is 4.84. The van der Waals surface area contributed by atoms with Crippen molar-refractivity contribution in [1.82, 2.24) is 5.32 Å². The van der Waals surface area contributed by atoms with Gasteiger partial charge in [0.2, 0.25) is 5.91 Å². The van der Waals surface area contributed by atoms with Gasteiger partial charge in [-0.1, -0.05) is 39.8 Å². The van der Waals surface area contributed by atoms with Crippen molar-refractivity contribution < 1.29 is 34.1 Å². The van der Waals surface area contributed by atoms with E-state index < -0.39 is 11.4 Å². The molecular weight excluding hydrogens is 402 g/mol. The Hall–Kier alpha value is -1.77. The van der Waals surface area contributed by atoms with Crippen molar-refractivity contribution in [2.75, 3.05) is 33.5 Å². The van der Waals surface area contributed by atoms with Crippen LogP contribution in [-0.2, 0) is 23.9 Å². The van der Waals surface area contributed by atoms with Gasteiger partial charge in [0.1, 0.15) is 6.29 Å². The van der Waals surface area contributed by atoms with E-state index in [0.717, 1.165) is 39.1 Å². The van der Waals surface area contributed by atoms with Crippen molar-refractivity contribution >= 4 is 18.2 Å². The summed E-state index contributed by atoms with van der Waals surface area (Å²) in [5, 5.41) is 18.7. The quantitative estimate of drug-likeness (QED) is 0.240. The zero-order chi connectivity index (χ0) is 24.1. The minimum absolute atomic E-state index is 0.0316. The van der Waals surface area contributed by atoms with Gasteiger partial charge in [0.25, 0.3) is 0 Å². The van der Waals surface area contributed by atoms with Gasteiger partial charge in [0.05, 0.1) is 38.9 Å². The molecule has 1 amide bonds. The van der Waals surface area contributed by atoms with E-state index in [0.29, 0.717) is 12.3 Å². The molecule has 8 heteroatoms. The van der Waals surface area contributed by atoms with Gasteiger partial charge in [-0.3, -0.25) is 9.59 Å². The summed E-state index contributed by atoms with van der Waals surface area (Å²) in [6.07, 6.45) is 8.74. The minimum atomic E-state index is -0.929. The molecule has 8 nitrogen and oxygen atoms in total. The first kappa shape index (κ1) is 31.4. The summed E-state index contributed by atoms with van der Waals surface area (Å²) in [6.45, 7) is 8.90. The van der Waals surface area contributed by atoms with Crippen LogP contribution in [0.1, 0.15) is 66.2 Å². The zero-order valence-corrected chi connectivity index (χ0v) is 19.9. The summed E-state index contributed by atoms with van der Waals surface area (Å²) < 4.78 is 10.8. The molecule has 0 aromatic heterocycles. The van der Waals surface area contributed by atoms with Gasteiger partial charge in [-0.05, 0) is 31.6 Å². The number of aldehydes is 1. The fraction of sp³-hybridized carbons (Fsp3) is 0.783. The number of amides is 1. The average Bonchev–Trinajstić information content (AvgIpc) is 2.77. The number of carboxylic acids is 1. The number of aliphatic carboxylic acids is 1. The number of carbonyl (C=O) groups is 3. The lowest BCUT2D eigenvalue weighted by molar-refractivity contribution is -0.139. The molecule has 31 heavy (non-hydrogen) atoms. The number of aliphatic hydroxyl groups is 1. The van der Waals surface area contributed by atoms with Gasteiger partial charge in [-0.25, -0.2) is 0 Å². The van der Waals surface area contributed by atoms with E-state index >= 15 is 0 Å². The number of hydrogen-bond acceptors (Lipinski definition) is 6. The summed E-state index contributed by atoms with van der Waals surface area (Å²) >= 11 is 0. The van der Waals surface area contributed by atoms with Crippen LogP contribution < -0.4 is 5.32 Å². The molecule has 0 aromatic carbocycles. The number of hydrogen-bond donors (Lipinski definition) is 3. The molecule has 1 aliphatic rings. The van der Waals surface area contributed by atoms with Crippen LogP contribution in [0.25, 0.3) is 0 Å². The molecule has 3 unspecified atom stereocenters. The molecule has 3 atom stereocenters. The third kappa shape index (κ3) is 15.6. The molecule has 0 radical (unpaired) electrons. The van der Waals surface area contributed by atoms with Crippen molar-refractivity contribution in [2.24, 2.45) is 11.3 Å². The highest BCUT2D eigenvalue weighted by Crippen LogP contribution is 2.33. The highest BCUT2D eigenvalue weighted by atomic mass is 16.5. The molecule has 1 rings (SSSR count). The van der Waals surface area contributed by atoms with Gasteiger partial charge in [-0.2, -0.15) is 0 Å². The molecule has 3 N–H and O–H groups in total. The molecular formula is C23H43NO7. The predicted molar refractivity (Wildman–Crippen MR) is 121 cm³/mol. The van der Waals surface area contributed by atoms with E-state index in [-0.39, 0.29) is 44.8 Å². The van der Waals surface area contributed by atoms with Crippen LogP contribution in [0.15, 0.2) is 12.2 Å². The third-order valence-corrected chi connectivity index (χ3v) is 4.84. The van der Waals surface area contributed by atoms with Crippen LogP contribution >= 0.6 is 0 Å². The molecule has 0 fully saturated rings. The SMILES string of the molecule is CC.CC1/C=C/CCC(C)(C(=O)NC(COCCC=O)COCCC(=O)O)CC1.CO. The Morgan fingerprint density at radius 2 is 1.81 bits per heavy atom. The van der Waals surface area contributed by atoms with E-state index in [1.165, 1.54) is 0 Å². The fourth-order valence-corrected chi connectivity index (χ4v) is 2.96. The topological polar surface area (TPSA) is 122 Å². The van der Waals surface area contributed by atoms with Gasteiger partial charge in [-0.15, -0.1) is 0 Å². The highest BCUT2D eigenvalue weighted by molar-refractivity contribution is 5.82. The molecule has 182 valence electrons. The molecule has 0 spiro atoms. The van der Waals surface area contributed by atoms with Crippen LogP contribution in [0.4, 0.5) is 0 Å². The van der Waals surface area contributed by atoms with E-state index in [4.69, 9.17) is 19.7 Å². The van der Waals surface area contributed by atoms with Gasteiger partial charge >= 0.3 is 5.97 Å². The Morgan fingerprint density at radius 1 is 1.19 bits per heavy atom. The lowest BCUT2D eigenvalue weighted by Gasteiger charge is -2.32. The second kappa shape index (κ2) is 20.2. The summed E-state index contributed by atoms with van der Waals surface area (Å²) in [6, 6.07) is -0.381. The molecule has 0 bridgehead atoms. The molecule has 0 aromatic rings. The number of nitrogens with one attached hydrogen (secondary N) is 1. The molecule has 0 heterocycles. The first-order chi connectivity index (χ1) is 14.9. The fourth-order valence-electron chi connectivity index (χ4n) is 2.96. The number of allylic oxidation sites excluding steroid dienone is 2. The van der Waals surface area contributed by atoms with Gasteiger partial charge < -0.3 is 29.8 Å². The zero-order valence-electron chi connectivity index (χ0n) is 19.9. The lowest BCUT2D eigenvalue weighted by Crippen LogP contribution is -2.48. The largest absolute Gasteiger partial charge is 0.481 e. The Bertz CT molecular complexity index is 510. The monoisotopic (exact) mass is 445 g/mol. The highest BCUT2D eigenvalue weighted by Gasteiger charge is 2.34. The Morgan fingerprint density at radius 3 is 2.39 bits per heavy atom. The number of ether oxygens (including phenoxy) is 2. The summed E-state index contributed by atoms with van der Waals surface area (Å²) in [7, 11) is 1.00. The van der Waals surface area contributed by atoms with Crippen molar-refractivity contribution in [1.29, 1.82) is 0 Å². The second-order valence-electron chi connectivity index (χ2n) is 7.46. The molecule has 1 aliphatic carbocycles. The molecule has 0 aliphatic heterocycles. The van der Waals surface area contributed by atoms with E-state index in [9.17, 15) is 14.4 Å². The van der Waals surface area contributed by atoms with E-state index in [1.807, 2.05) is 20.8 Å². The van der Waals surface area contributed by atoms with Crippen LogP contribution in [-0.4, -0.2) is 68.0 Å². The van der Waals surface area contributed by atoms with E-state index in [2.05, 4.69) is 24.4 Å². The normalized spacial score (nSPS) is 22.2. The molecule has 0 saturated heterocycles. The average molecular weight is 446 g/mol. The van der Waals surface area contributed by atoms with Gasteiger partial charge in [0.15, 0.2) is 0 Å². The van der Waals surface area contributed by atoms with Crippen molar-refractivity contribution in [3.05, 3.63) is 12.2 Å². The maximum atomic E-state index is 12.9. The first-order valence-electron chi connectivity index (χ1n) is 11.1. The summed E-state index contributed by atoms with van der Waals surface area (Å²) in [4.78, 5) is 33.9. The molecule has 0 saturated carbocycles.